The van der Waals surface area contributed by atoms with Crippen LogP contribution < -0.4 is 4.74 Å². The van der Waals surface area contributed by atoms with Gasteiger partial charge >= 0.3 is 0 Å². The molecule has 2 fully saturated rings. The van der Waals surface area contributed by atoms with E-state index < -0.39 is 15.9 Å². The Labute approximate surface area is 211 Å². The maximum absolute atomic E-state index is 11.7. The van der Waals surface area contributed by atoms with Crippen LogP contribution in [0.15, 0.2) is 59.5 Å². The lowest BCUT2D eigenvalue weighted by Crippen LogP contribution is -2.34. The molecule has 36 heavy (non-hydrogen) atoms. The minimum absolute atomic E-state index is 0.223. The van der Waals surface area contributed by atoms with Crippen LogP contribution >= 0.6 is 11.6 Å². The van der Waals surface area contributed by atoms with E-state index in [1.54, 1.807) is 30.3 Å². The van der Waals surface area contributed by atoms with Crippen molar-refractivity contribution in [1.29, 1.82) is 0 Å². The van der Waals surface area contributed by atoms with Gasteiger partial charge in [0.05, 0.1) is 34.3 Å². The number of rotatable bonds is 5. The molecule has 6 rings (SSSR count). The summed E-state index contributed by atoms with van der Waals surface area (Å²) >= 11 is 6.55. The van der Waals surface area contributed by atoms with Crippen molar-refractivity contribution in [3.05, 3.63) is 59.6 Å². The molecule has 2 N–H and O–H groups in total. The first-order valence-electron chi connectivity index (χ1n) is 11.3. The van der Waals surface area contributed by atoms with Gasteiger partial charge in [-0.15, -0.1) is 0 Å². The van der Waals surface area contributed by atoms with Gasteiger partial charge in [-0.3, -0.25) is 0 Å². The molecule has 0 bridgehead atoms. The van der Waals surface area contributed by atoms with Crippen LogP contribution in [0, 0.1) is 0 Å². The van der Waals surface area contributed by atoms with Gasteiger partial charge in [0.2, 0.25) is 0 Å². The summed E-state index contributed by atoms with van der Waals surface area (Å²) in [4.78, 5) is 12.5. The normalized spacial score (nSPS) is 23.8. The Balaban J connectivity index is 1.23. The third-order valence-corrected chi connectivity index (χ3v) is 7.84. The first-order chi connectivity index (χ1) is 17.3. The first kappa shape index (κ1) is 23.4. The quantitative estimate of drug-likeness (QED) is 0.405. The molecule has 4 heterocycles. The lowest BCUT2D eigenvalue weighted by Gasteiger charge is -2.15. The average Bonchev–Trinajstić information content (AvgIpc) is 3.55. The Hall–Kier alpha value is -3.02. The molecule has 2 saturated heterocycles. The monoisotopic (exact) mass is 527 g/mol. The molecule has 0 amide bonds. The minimum atomic E-state index is -3.24. The van der Waals surface area contributed by atoms with Crippen molar-refractivity contribution in [2.24, 2.45) is 0 Å². The molecule has 0 aliphatic carbocycles. The molecule has 186 valence electrons. The van der Waals surface area contributed by atoms with E-state index >= 15 is 0 Å². The fourth-order valence-corrected chi connectivity index (χ4v) is 5.45. The van der Waals surface area contributed by atoms with E-state index in [1.807, 2.05) is 24.3 Å². The number of hydrogen-bond acceptors (Lipinski definition) is 8. The number of pyridine rings is 1. The summed E-state index contributed by atoms with van der Waals surface area (Å²) in [7, 11) is -3.24. The third kappa shape index (κ3) is 4.25. The van der Waals surface area contributed by atoms with Crippen molar-refractivity contribution in [1.82, 2.24) is 15.0 Å². The van der Waals surface area contributed by atoms with Gasteiger partial charge in [-0.25, -0.2) is 13.4 Å². The van der Waals surface area contributed by atoms with Gasteiger partial charge < -0.3 is 24.3 Å². The molecule has 2 aliphatic rings. The van der Waals surface area contributed by atoms with Crippen molar-refractivity contribution in [2.75, 3.05) is 19.5 Å². The number of fused-ring (bicyclic) bond motifs is 2. The molecule has 0 spiro atoms. The lowest BCUT2D eigenvalue weighted by atomic mass is 10.0. The lowest BCUT2D eigenvalue weighted by molar-refractivity contribution is 0.00706. The van der Waals surface area contributed by atoms with Crippen molar-refractivity contribution in [2.45, 2.75) is 29.3 Å². The molecule has 4 atom stereocenters. The number of aliphatic hydroxyl groups excluding tert-OH is 1. The number of H-pyrrole nitrogens is 1. The molecule has 11 heteroatoms. The third-order valence-electron chi connectivity index (χ3n) is 6.42. The van der Waals surface area contributed by atoms with E-state index in [0.717, 1.165) is 16.7 Å². The zero-order chi connectivity index (χ0) is 25.0. The highest BCUT2D eigenvalue weighted by Gasteiger charge is 2.48. The summed E-state index contributed by atoms with van der Waals surface area (Å²) in [6.45, 7) is 0.521. The first-order valence-corrected chi connectivity index (χ1v) is 13.6. The Morgan fingerprint density at radius 2 is 1.61 bits per heavy atom. The highest BCUT2D eigenvalue weighted by molar-refractivity contribution is 7.90. The number of nitrogens with one attached hydrogen (secondary N) is 1. The van der Waals surface area contributed by atoms with Gasteiger partial charge in [0.15, 0.2) is 21.6 Å². The molecule has 2 aliphatic heterocycles. The highest BCUT2D eigenvalue weighted by atomic mass is 35.5. The van der Waals surface area contributed by atoms with Crippen molar-refractivity contribution in [3.63, 3.8) is 0 Å². The van der Waals surface area contributed by atoms with Gasteiger partial charge in [-0.1, -0.05) is 48.0 Å². The van der Waals surface area contributed by atoms with Gasteiger partial charge in [0.1, 0.15) is 18.3 Å². The molecule has 4 aromatic rings. The number of hydrogen-bond donors (Lipinski definition) is 2. The maximum atomic E-state index is 11.7. The van der Waals surface area contributed by atoms with E-state index in [0.29, 0.717) is 28.5 Å². The summed E-state index contributed by atoms with van der Waals surface area (Å²) in [5.41, 5.74) is 4.30. The molecular formula is C25H22ClN3O6S. The number of ether oxygens (including phenoxy) is 3. The Bertz CT molecular complexity index is 1540. The largest absolute Gasteiger partial charge is 0.456 e. The SMILES string of the molecule is CS(=O)(=O)c1ccc(-c2ccc(-c3nc4nc(O[C@@H]5CO[C@H]6[C@@H]5OC[C@H]6O)[nH]c4cc3Cl)cc2)cc1. The van der Waals surface area contributed by atoms with Gasteiger partial charge in [0, 0.05) is 11.8 Å². The smallest absolute Gasteiger partial charge is 0.296 e. The maximum Gasteiger partial charge on any atom is 0.296 e. The second-order valence-electron chi connectivity index (χ2n) is 8.93. The molecule has 2 aromatic carbocycles. The number of sulfone groups is 1. The number of aliphatic hydroxyl groups is 1. The van der Waals surface area contributed by atoms with Crippen molar-refractivity contribution >= 4 is 32.6 Å². The van der Waals surface area contributed by atoms with Crippen LogP contribution in [0.5, 0.6) is 6.01 Å². The number of imidazole rings is 1. The van der Waals surface area contributed by atoms with Crippen LogP contribution in [-0.2, 0) is 19.3 Å². The van der Waals surface area contributed by atoms with Crippen LogP contribution in [-0.4, -0.2) is 72.4 Å². The van der Waals surface area contributed by atoms with E-state index in [1.165, 1.54) is 6.26 Å². The standard InChI is InChI=1S/C25H22ClN3O6S/c1-36(31,32)16-8-6-14(7-9-16)13-2-4-15(5-3-13)21-17(26)10-18-24(28-21)29-25(27-18)35-20-12-34-22-19(30)11-33-23(20)22/h2-10,19-20,22-23,30H,11-12H2,1H3,(H,27,28,29)/t19-,20-,22-,23-/m1/s1. The van der Waals surface area contributed by atoms with E-state index in [4.69, 9.17) is 25.8 Å². The van der Waals surface area contributed by atoms with Crippen molar-refractivity contribution in [3.8, 4) is 28.4 Å². The predicted molar refractivity (Wildman–Crippen MR) is 133 cm³/mol. The van der Waals surface area contributed by atoms with Crippen molar-refractivity contribution < 1.29 is 27.7 Å². The molecule has 9 nitrogen and oxygen atoms in total. The fourth-order valence-electron chi connectivity index (χ4n) is 4.56. The van der Waals surface area contributed by atoms with E-state index in [-0.39, 0.29) is 35.8 Å². The van der Waals surface area contributed by atoms with Gasteiger partial charge in [0.25, 0.3) is 6.01 Å². The average molecular weight is 528 g/mol. The highest BCUT2D eigenvalue weighted by Crippen LogP contribution is 2.33. The number of aromatic nitrogens is 3. The Morgan fingerprint density at radius 3 is 2.31 bits per heavy atom. The summed E-state index contributed by atoms with van der Waals surface area (Å²) in [5.74, 6) is 0. The minimum Gasteiger partial charge on any atom is -0.456 e. The summed E-state index contributed by atoms with van der Waals surface area (Å²) in [6.07, 6.45) is -0.588. The van der Waals surface area contributed by atoms with Crippen LogP contribution in [0.2, 0.25) is 5.02 Å². The Morgan fingerprint density at radius 1 is 0.972 bits per heavy atom. The number of benzene rings is 2. The van der Waals surface area contributed by atoms with Gasteiger partial charge in [-0.05, 0) is 29.3 Å². The van der Waals surface area contributed by atoms with Crippen LogP contribution in [0.4, 0.5) is 0 Å². The number of aromatic amines is 1. The zero-order valence-corrected chi connectivity index (χ0v) is 20.7. The predicted octanol–water partition coefficient (Wildman–Crippen LogP) is 3.25. The molecule has 2 aromatic heterocycles. The second kappa shape index (κ2) is 8.82. The summed E-state index contributed by atoms with van der Waals surface area (Å²) in [6, 6.07) is 16.5. The van der Waals surface area contributed by atoms with E-state index in [9.17, 15) is 13.5 Å². The molecule has 0 unspecified atom stereocenters. The van der Waals surface area contributed by atoms with Crippen LogP contribution in [0.1, 0.15) is 0 Å². The molecule has 0 saturated carbocycles. The summed E-state index contributed by atoms with van der Waals surface area (Å²) in [5, 5.41) is 10.4. The zero-order valence-electron chi connectivity index (χ0n) is 19.1. The van der Waals surface area contributed by atoms with E-state index in [2.05, 4.69) is 15.0 Å². The molecule has 0 radical (unpaired) electrons. The topological polar surface area (TPSA) is 124 Å². The number of halogens is 1. The Kier molecular flexibility index (Phi) is 5.73. The molecular weight excluding hydrogens is 506 g/mol. The second-order valence-corrected chi connectivity index (χ2v) is 11.3. The summed E-state index contributed by atoms with van der Waals surface area (Å²) < 4.78 is 40.5. The van der Waals surface area contributed by atoms with Crippen LogP contribution in [0.3, 0.4) is 0 Å². The fraction of sp³-hybridized carbons (Fsp3) is 0.280. The van der Waals surface area contributed by atoms with Gasteiger partial charge in [-0.2, -0.15) is 4.98 Å². The van der Waals surface area contributed by atoms with Crippen LogP contribution in [0.25, 0.3) is 33.5 Å². The number of nitrogens with zero attached hydrogens (tertiary/aromatic N) is 2.